The monoisotopic (exact) mass is 691 g/mol. The molecule has 3 aromatic heterocycles. The van der Waals surface area contributed by atoms with E-state index in [9.17, 15) is 0 Å². The highest BCUT2D eigenvalue weighted by Gasteiger charge is 2.35. The van der Waals surface area contributed by atoms with Gasteiger partial charge in [0.1, 0.15) is 11.2 Å². The first kappa shape index (κ1) is 30.7. The molecule has 1 aliphatic carbocycles. The molecule has 0 radical (unpaired) electrons. The Morgan fingerprint density at radius 1 is 0.426 bits per heavy atom. The molecule has 0 saturated heterocycles. The maximum atomic E-state index is 6.42. The first-order chi connectivity index (χ1) is 26.5. The van der Waals surface area contributed by atoms with Crippen molar-refractivity contribution in [2.24, 2.45) is 0 Å². The summed E-state index contributed by atoms with van der Waals surface area (Å²) < 4.78 is 6.42. The molecule has 11 rings (SSSR count). The van der Waals surface area contributed by atoms with Gasteiger partial charge in [0.2, 0.25) is 0 Å². The van der Waals surface area contributed by atoms with Gasteiger partial charge in [0, 0.05) is 54.6 Å². The Labute approximate surface area is 312 Å². The fourth-order valence-corrected chi connectivity index (χ4v) is 8.62. The molecule has 0 saturated carbocycles. The lowest BCUT2D eigenvalue weighted by Crippen LogP contribution is -2.14. The van der Waals surface area contributed by atoms with Crippen LogP contribution in [-0.2, 0) is 5.41 Å². The number of aromatic nitrogens is 3. The van der Waals surface area contributed by atoms with Crippen LogP contribution in [0.2, 0.25) is 0 Å². The first-order valence-electron chi connectivity index (χ1n) is 18.4. The highest BCUT2D eigenvalue weighted by molar-refractivity contribution is 6.28. The SMILES string of the molecule is CC1(C)c2ccccc2-c2cc(-c3cc(-c4ccc5nc(-c6ccccc6)c6ccc7oc8ccccc8c7c6c5c4)nc(-c4ccccc4)n3)ccc21. The number of benzene rings is 7. The van der Waals surface area contributed by atoms with Crippen LogP contribution in [0.25, 0.3) is 99.9 Å². The fourth-order valence-electron chi connectivity index (χ4n) is 8.62. The lowest BCUT2D eigenvalue weighted by atomic mass is 9.82. The van der Waals surface area contributed by atoms with Gasteiger partial charge in [-0.25, -0.2) is 15.0 Å². The minimum absolute atomic E-state index is 0.0650. The molecule has 54 heavy (non-hydrogen) atoms. The van der Waals surface area contributed by atoms with Crippen LogP contribution in [0.5, 0.6) is 0 Å². The molecule has 4 nitrogen and oxygen atoms in total. The van der Waals surface area contributed by atoms with Gasteiger partial charge in [0.25, 0.3) is 0 Å². The number of para-hydroxylation sites is 1. The Balaban J connectivity index is 1.17. The predicted molar refractivity (Wildman–Crippen MR) is 221 cm³/mol. The van der Waals surface area contributed by atoms with Gasteiger partial charge >= 0.3 is 0 Å². The third-order valence-corrected chi connectivity index (χ3v) is 11.3. The molecule has 4 heteroatoms. The summed E-state index contributed by atoms with van der Waals surface area (Å²) in [6, 6.07) is 57.5. The van der Waals surface area contributed by atoms with Crippen molar-refractivity contribution in [3.8, 4) is 56.3 Å². The third-order valence-electron chi connectivity index (χ3n) is 11.3. The van der Waals surface area contributed by atoms with Crippen molar-refractivity contribution in [1.82, 2.24) is 15.0 Å². The molecule has 0 amide bonds. The summed E-state index contributed by atoms with van der Waals surface area (Å²) in [5.74, 6) is 0.690. The second-order valence-electron chi connectivity index (χ2n) is 14.8. The van der Waals surface area contributed by atoms with Crippen LogP contribution in [0.1, 0.15) is 25.0 Å². The average Bonchev–Trinajstić information content (AvgIpc) is 3.72. The smallest absolute Gasteiger partial charge is 0.160 e. The van der Waals surface area contributed by atoms with Crippen molar-refractivity contribution in [2.45, 2.75) is 19.3 Å². The van der Waals surface area contributed by atoms with E-state index < -0.39 is 0 Å². The lowest BCUT2D eigenvalue weighted by Gasteiger charge is -2.21. The van der Waals surface area contributed by atoms with Crippen LogP contribution in [-0.4, -0.2) is 15.0 Å². The maximum absolute atomic E-state index is 6.42. The van der Waals surface area contributed by atoms with Crippen molar-refractivity contribution in [3.63, 3.8) is 0 Å². The predicted octanol–water partition coefficient (Wildman–Crippen LogP) is 13.1. The van der Waals surface area contributed by atoms with E-state index in [0.29, 0.717) is 5.82 Å². The highest BCUT2D eigenvalue weighted by Crippen LogP contribution is 2.49. The molecule has 0 bridgehead atoms. The molecule has 0 aliphatic heterocycles. The standard InChI is InChI=1S/C50H33N3O/c1-50(2)39-19-11-9-17-34(39)37-27-32(21-24-40(37)50)42-29-43(53-49(52-42)31-15-7-4-8-16-31)33-22-25-41-38(28-33)46-36(48(51-41)30-13-5-3-6-14-30)23-26-45-47(46)35-18-10-12-20-44(35)54-45/h3-29H,1-2H3. The summed E-state index contributed by atoms with van der Waals surface area (Å²) in [6.07, 6.45) is 0. The van der Waals surface area contributed by atoms with Gasteiger partial charge in [-0.15, -0.1) is 0 Å². The molecule has 3 heterocycles. The lowest BCUT2D eigenvalue weighted by molar-refractivity contribution is 0.660. The van der Waals surface area contributed by atoms with Crippen LogP contribution >= 0.6 is 0 Å². The van der Waals surface area contributed by atoms with Gasteiger partial charge in [-0.1, -0.05) is 135 Å². The molecule has 1 aliphatic rings. The van der Waals surface area contributed by atoms with E-state index in [0.717, 1.165) is 82.9 Å². The minimum atomic E-state index is -0.0650. The number of fused-ring (bicyclic) bond motifs is 10. The summed E-state index contributed by atoms with van der Waals surface area (Å²) in [7, 11) is 0. The first-order valence-corrected chi connectivity index (χ1v) is 18.4. The molecule has 0 spiro atoms. The van der Waals surface area contributed by atoms with Crippen molar-refractivity contribution in [1.29, 1.82) is 0 Å². The van der Waals surface area contributed by atoms with E-state index in [1.807, 2.05) is 36.4 Å². The molecular formula is C50H33N3O. The zero-order valence-electron chi connectivity index (χ0n) is 29.8. The van der Waals surface area contributed by atoms with Gasteiger partial charge in [0.15, 0.2) is 5.82 Å². The minimum Gasteiger partial charge on any atom is -0.456 e. The summed E-state index contributed by atoms with van der Waals surface area (Å²) in [5.41, 5.74) is 14.6. The summed E-state index contributed by atoms with van der Waals surface area (Å²) >= 11 is 0. The maximum Gasteiger partial charge on any atom is 0.160 e. The molecule has 7 aromatic carbocycles. The fraction of sp³-hybridized carbons (Fsp3) is 0.0600. The van der Waals surface area contributed by atoms with E-state index in [1.165, 1.54) is 22.3 Å². The molecule has 10 aromatic rings. The van der Waals surface area contributed by atoms with E-state index in [1.54, 1.807) is 0 Å². The Kier molecular flexibility index (Phi) is 6.56. The Bertz CT molecular complexity index is 3120. The molecular weight excluding hydrogens is 659 g/mol. The van der Waals surface area contributed by atoms with E-state index in [4.69, 9.17) is 19.4 Å². The van der Waals surface area contributed by atoms with Gasteiger partial charge in [-0.3, -0.25) is 0 Å². The quantitative estimate of drug-likeness (QED) is 0.172. The van der Waals surface area contributed by atoms with Crippen LogP contribution < -0.4 is 0 Å². The highest BCUT2D eigenvalue weighted by atomic mass is 16.3. The van der Waals surface area contributed by atoms with Crippen LogP contribution in [0.3, 0.4) is 0 Å². The van der Waals surface area contributed by atoms with Crippen molar-refractivity contribution in [2.75, 3.05) is 0 Å². The Hall–Kier alpha value is -6.91. The zero-order chi connectivity index (χ0) is 36.0. The van der Waals surface area contributed by atoms with Gasteiger partial charge < -0.3 is 4.42 Å². The normalized spacial score (nSPS) is 13.1. The van der Waals surface area contributed by atoms with Crippen molar-refractivity contribution < 1.29 is 4.42 Å². The molecule has 0 atom stereocenters. The molecule has 0 N–H and O–H groups in total. The van der Waals surface area contributed by atoms with Crippen LogP contribution in [0.15, 0.2) is 168 Å². The zero-order valence-corrected chi connectivity index (χ0v) is 29.8. The Morgan fingerprint density at radius 3 is 1.91 bits per heavy atom. The van der Waals surface area contributed by atoms with Crippen LogP contribution in [0.4, 0.5) is 0 Å². The van der Waals surface area contributed by atoms with Crippen LogP contribution in [0, 0.1) is 0 Å². The largest absolute Gasteiger partial charge is 0.456 e. The number of pyridine rings is 1. The van der Waals surface area contributed by atoms with E-state index >= 15 is 0 Å². The van der Waals surface area contributed by atoms with Gasteiger partial charge in [-0.2, -0.15) is 0 Å². The van der Waals surface area contributed by atoms with Gasteiger partial charge in [-0.05, 0) is 64.7 Å². The third kappa shape index (κ3) is 4.60. The van der Waals surface area contributed by atoms with E-state index in [2.05, 4.69) is 141 Å². The molecule has 254 valence electrons. The second-order valence-corrected chi connectivity index (χ2v) is 14.8. The number of hydrogen-bond acceptors (Lipinski definition) is 4. The molecule has 0 unspecified atom stereocenters. The number of furan rings is 1. The number of nitrogens with zero attached hydrogens (tertiary/aromatic N) is 3. The summed E-state index contributed by atoms with van der Waals surface area (Å²) in [5, 5.41) is 5.45. The number of hydrogen-bond donors (Lipinski definition) is 0. The van der Waals surface area contributed by atoms with Crippen molar-refractivity contribution >= 4 is 43.6 Å². The van der Waals surface area contributed by atoms with Gasteiger partial charge in [0.05, 0.1) is 22.6 Å². The average molecular weight is 692 g/mol. The topological polar surface area (TPSA) is 51.8 Å². The second kappa shape index (κ2) is 11.5. The van der Waals surface area contributed by atoms with Crippen molar-refractivity contribution in [3.05, 3.63) is 175 Å². The van der Waals surface area contributed by atoms with E-state index in [-0.39, 0.29) is 5.41 Å². The Morgan fingerprint density at radius 2 is 1.09 bits per heavy atom. The summed E-state index contributed by atoms with van der Waals surface area (Å²) in [6.45, 7) is 4.63. The molecule has 0 fully saturated rings. The summed E-state index contributed by atoms with van der Waals surface area (Å²) in [4.78, 5) is 15.8. The number of rotatable bonds is 4.